The van der Waals surface area contributed by atoms with E-state index in [0.717, 1.165) is 25.8 Å². The number of amides is 1. The summed E-state index contributed by atoms with van der Waals surface area (Å²) in [5, 5.41) is 0. The van der Waals surface area contributed by atoms with Gasteiger partial charge in [-0.1, -0.05) is 0 Å². The largest absolute Gasteiger partial charge is 0.493 e. The van der Waals surface area contributed by atoms with E-state index < -0.39 is 0 Å². The molecule has 126 valence electrons. The fourth-order valence-corrected chi connectivity index (χ4v) is 3.32. The summed E-state index contributed by atoms with van der Waals surface area (Å²) >= 11 is 0. The molecule has 2 atom stereocenters. The first-order valence-electron chi connectivity index (χ1n) is 8.16. The van der Waals surface area contributed by atoms with E-state index in [1.54, 1.807) is 19.2 Å². The second-order valence-corrected chi connectivity index (χ2v) is 6.12. The van der Waals surface area contributed by atoms with Crippen molar-refractivity contribution in [1.29, 1.82) is 0 Å². The first-order valence-corrected chi connectivity index (χ1v) is 8.16. The SMILES string of the molecule is COc1cc(C(=O)N2CCCCC2C(C)N)cc2c1OCCO2. The van der Waals surface area contributed by atoms with Gasteiger partial charge in [-0.05, 0) is 38.3 Å². The van der Waals surface area contributed by atoms with Gasteiger partial charge in [0.05, 0.1) is 7.11 Å². The number of hydrogen-bond acceptors (Lipinski definition) is 5. The number of benzene rings is 1. The molecule has 2 aliphatic rings. The van der Waals surface area contributed by atoms with Gasteiger partial charge in [0.15, 0.2) is 11.5 Å². The molecule has 0 aromatic heterocycles. The van der Waals surface area contributed by atoms with Crippen LogP contribution in [0.15, 0.2) is 12.1 Å². The van der Waals surface area contributed by atoms with E-state index in [1.807, 2.05) is 11.8 Å². The summed E-state index contributed by atoms with van der Waals surface area (Å²) in [4.78, 5) is 14.9. The van der Waals surface area contributed by atoms with Gasteiger partial charge in [0.2, 0.25) is 5.75 Å². The molecule has 1 aromatic carbocycles. The van der Waals surface area contributed by atoms with E-state index in [0.29, 0.717) is 36.0 Å². The van der Waals surface area contributed by atoms with Crippen LogP contribution in [0.5, 0.6) is 17.2 Å². The number of piperidine rings is 1. The van der Waals surface area contributed by atoms with Crippen LogP contribution in [-0.2, 0) is 0 Å². The number of carbonyl (C=O) groups excluding carboxylic acids is 1. The summed E-state index contributed by atoms with van der Waals surface area (Å²) in [6.45, 7) is 3.65. The Morgan fingerprint density at radius 2 is 2.13 bits per heavy atom. The quantitative estimate of drug-likeness (QED) is 0.919. The lowest BCUT2D eigenvalue weighted by molar-refractivity contribution is 0.0582. The zero-order valence-electron chi connectivity index (χ0n) is 13.7. The summed E-state index contributed by atoms with van der Waals surface area (Å²) in [5.74, 6) is 1.63. The van der Waals surface area contributed by atoms with Crippen LogP contribution in [0.4, 0.5) is 0 Å². The van der Waals surface area contributed by atoms with Crippen molar-refractivity contribution in [3.63, 3.8) is 0 Å². The Bertz CT molecular complexity index is 571. The Balaban J connectivity index is 1.92. The molecule has 1 aromatic rings. The fraction of sp³-hybridized carbons (Fsp3) is 0.588. The molecule has 2 unspecified atom stereocenters. The number of hydrogen-bond donors (Lipinski definition) is 1. The van der Waals surface area contributed by atoms with Gasteiger partial charge in [0, 0.05) is 24.2 Å². The second kappa shape index (κ2) is 6.66. The predicted molar refractivity (Wildman–Crippen MR) is 86.3 cm³/mol. The Labute approximate surface area is 136 Å². The standard InChI is InChI=1S/C17H24N2O4/c1-11(18)13-5-3-4-6-19(13)17(20)12-9-14(21-2)16-15(10-12)22-7-8-23-16/h9-11,13H,3-8,18H2,1-2H3. The van der Waals surface area contributed by atoms with Crippen LogP contribution >= 0.6 is 0 Å². The molecular weight excluding hydrogens is 296 g/mol. The van der Waals surface area contributed by atoms with E-state index in [-0.39, 0.29) is 18.0 Å². The van der Waals surface area contributed by atoms with Crippen LogP contribution in [0.1, 0.15) is 36.5 Å². The number of likely N-dealkylation sites (tertiary alicyclic amines) is 1. The van der Waals surface area contributed by atoms with E-state index in [4.69, 9.17) is 19.9 Å². The summed E-state index contributed by atoms with van der Waals surface area (Å²) < 4.78 is 16.6. The number of methoxy groups -OCH3 is 1. The Kier molecular flexibility index (Phi) is 4.61. The molecule has 1 saturated heterocycles. The van der Waals surface area contributed by atoms with Crippen LogP contribution in [0.2, 0.25) is 0 Å². The lowest BCUT2D eigenvalue weighted by Crippen LogP contribution is -2.51. The minimum Gasteiger partial charge on any atom is -0.493 e. The molecule has 0 aliphatic carbocycles. The first-order chi connectivity index (χ1) is 11.1. The zero-order valence-corrected chi connectivity index (χ0v) is 13.7. The fourth-order valence-electron chi connectivity index (χ4n) is 3.32. The van der Waals surface area contributed by atoms with Crippen molar-refractivity contribution in [3.05, 3.63) is 17.7 Å². The number of nitrogens with zero attached hydrogens (tertiary/aromatic N) is 1. The molecule has 2 aliphatic heterocycles. The topological polar surface area (TPSA) is 74.0 Å². The number of ether oxygens (including phenoxy) is 3. The summed E-state index contributed by atoms with van der Waals surface area (Å²) in [5.41, 5.74) is 6.63. The third kappa shape index (κ3) is 3.08. The third-order valence-corrected chi connectivity index (χ3v) is 4.49. The average molecular weight is 320 g/mol. The highest BCUT2D eigenvalue weighted by Gasteiger charge is 2.31. The lowest BCUT2D eigenvalue weighted by Gasteiger charge is -2.38. The molecule has 2 N–H and O–H groups in total. The van der Waals surface area contributed by atoms with Crippen LogP contribution in [-0.4, -0.2) is 49.8 Å². The Morgan fingerprint density at radius 3 is 2.87 bits per heavy atom. The average Bonchev–Trinajstić information content (AvgIpc) is 2.60. The summed E-state index contributed by atoms with van der Waals surface area (Å²) in [6, 6.07) is 3.50. The molecular formula is C17H24N2O4. The van der Waals surface area contributed by atoms with Crippen molar-refractivity contribution >= 4 is 5.91 Å². The van der Waals surface area contributed by atoms with Gasteiger partial charge in [-0.15, -0.1) is 0 Å². The smallest absolute Gasteiger partial charge is 0.254 e. The van der Waals surface area contributed by atoms with Crippen molar-refractivity contribution < 1.29 is 19.0 Å². The van der Waals surface area contributed by atoms with Crippen molar-refractivity contribution in [1.82, 2.24) is 4.90 Å². The number of nitrogens with two attached hydrogens (primary N) is 1. The highest BCUT2D eigenvalue weighted by atomic mass is 16.6. The highest BCUT2D eigenvalue weighted by Crippen LogP contribution is 2.40. The lowest BCUT2D eigenvalue weighted by atomic mass is 9.96. The number of fused-ring (bicyclic) bond motifs is 1. The van der Waals surface area contributed by atoms with Crippen LogP contribution < -0.4 is 19.9 Å². The highest BCUT2D eigenvalue weighted by molar-refractivity contribution is 5.96. The molecule has 0 saturated carbocycles. The molecule has 23 heavy (non-hydrogen) atoms. The van der Waals surface area contributed by atoms with Crippen molar-refractivity contribution in [3.8, 4) is 17.2 Å². The Hall–Kier alpha value is -1.95. The number of rotatable bonds is 3. The van der Waals surface area contributed by atoms with Gasteiger partial charge in [0.25, 0.3) is 5.91 Å². The Morgan fingerprint density at radius 1 is 1.35 bits per heavy atom. The summed E-state index contributed by atoms with van der Waals surface area (Å²) in [6.07, 6.45) is 3.07. The van der Waals surface area contributed by atoms with Crippen LogP contribution in [0.25, 0.3) is 0 Å². The second-order valence-electron chi connectivity index (χ2n) is 6.12. The zero-order chi connectivity index (χ0) is 16.4. The summed E-state index contributed by atoms with van der Waals surface area (Å²) in [7, 11) is 1.56. The molecule has 6 heteroatoms. The van der Waals surface area contributed by atoms with E-state index in [1.165, 1.54) is 0 Å². The van der Waals surface area contributed by atoms with Gasteiger partial charge < -0.3 is 24.8 Å². The minimum atomic E-state index is -0.0432. The minimum absolute atomic E-state index is 0.0257. The molecule has 1 amide bonds. The van der Waals surface area contributed by atoms with E-state index in [2.05, 4.69) is 0 Å². The van der Waals surface area contributed by atoms with Gasteiger partial charge in [0.1, 0.15) is 13.2 Å². The van der Waals surface area contributed by atoms with Gasteiger partial charge in [-0.25, -0.2) is 0 Å². The molecule has 0 spiro atoms. The first kappa shape index (κ1) is 15.9. The predicted octanol–water partition coefficient (Wildman–Crippen LogP) is 1.81. The molecule has 0 bridgehead atoms. The maximum Gasteiger partial charge on any atom is 0.254 e. The van der Waals surface area contributed by atoms with Crippen molar-refractivity contribution in [2.75, 3.05) is 26.9 Å². The van der Waals surface area contributed by atoms with Gasteiger partial charge >= 0.3 is 0 Å². The van der Waals surface area contributed by atoms with E-state index >= 15 is 0 Å². The molecule has 2 heterocycles. The maximum atomic E-state index is 13.0. The van der Waals surface area contributed by atoms with Crippen molar-refractivity contribution in [2.45, 2.75) is 38.3 Å². The molecule has 6 nitrogen and oxygen atoms in total. The third-order valence-electron chi connectivity index (χ3n) is 4.49. The van der Waals surface area contributed by atoms with Gasteiger partial charge in [-0.3, -0.25) is 4.79 Å². The molecule has 1 fully saturated rings. The molecule has 3 rings (SSSR count). The van der Waals surface area contributed by atoms with Gasteiger partial charge in [-0.2, -0.15) is 0 Å². The van der Waals surface area contributed by atoms with E-state index in [9.17, 15) is 4.79 Å². The van der Waals surface area contributed by atoms with Crippen LogP contribution in [0.3, 0.4) is 0 Å². The maximum absolute atomic E-state index is 13.0. The monoisotopic (exact) mass is 320 g/mol. The van der Waals surface area contributed by atoms with Crippen LogP contribution in [0, 0.1) is 0 Å². The normalized spacial score (nSPS) is 21.7. The number of carbonyl (C=O) groups is 1. The molecule has 0 radical (unpaired) electrons. The van der Waals surface area contributed by atoms with Crippen molar-refractivity contribution in [2.24, 2.45) is 5.73 Å².